The van der Waals surface area contributed by atoms with Crippen LogP contribution in [0.1, 0.15) is 38.3 Å². The van der Waals surface area contributed by atoms with Gasteiger partial charge in [0, 0.05) is 24.3 Å². The summed E-state index contributed by atoms with van der Waals surface area (Å²) in [5.41, 5.74) is 8.46. The van der Waals surface area contributed by atoms with Gasteiger partial charge in [0.25, 0.3) is 0 Å². The van der Waals surface area contributed by atoms with E-state index < -0.39 is 6.04 Å². The van der Waals surface area contributed by atoms with E-state index >= 15 is 0 Å². The summed E-state index contributed by atoms with van der Waals surface area (Å²) < 4.78 is 0. The summed E-state index contributed by atoms with van der Waals surface area (Å²) >= 11 is 6.42. The van der Waals surface area contributed by atoms with Crippen molar-refractivity contribution in [1.82, 2.24) is 0 Å². The SMILES string of the molecule is CC(C)C1CCN(c2cc3c(cc2Cl)C(N)C(=O)N3)CC1. The van der Waals surface area contributed by atoms with Gasteiger partial charge in [0.05, 0.1) is 10.7 Å². The Hall–Kier alpha value is -1.26. The van der Waals surface area contributed by atoms with Gasteiger partial charge in [-0.3, -0.25) is 4.79 Å². The van der Waals surface area contributed by atoms with Gasteiger partial charge in [-0.2, -0.15) is 0 Å². The molecule has 2 aliphatic rings. The average molecular weight is 308 g/mol. The number of hydrogen-bond donors (Lipinski definition) is 2. The molecule has 114 valence electrons. The lowest BCUT2D eigenvalue weighted by Crippen LogP contribution is -2.35. The van der Waals surface area contributed by atoms with Gasteiger partial charge in [0.1, 0.15) is 6.04 Å². The van der Waals surface area contributed by atoms with E-state index in [-0.39, 0.29) is 5.91 Å². The van der Waals surface area contributed by atoms with Crippen LogP contribution in [0.2, 0.25) is 5.02 Å². The molecule has 5 heteroatoms. The molecule has 1 atom stereocenters. The molecular formula is C16H22ClN3O. The lowest BCUT2D eigenvalue weighted by molar-refractivity contribution is -0.116. The number of piperidine rings is 1. The molecule has 1 unspecified atom stereocenters. The van der Waals surface area contributed by atoms with Crippen molar-refractivity contribution in [2.24, 2.45) is 17.6 Å². The highest BCUT2D eigenvalue weighted by atomic mass is 35.5. The van der Waals surface area contributed by atoms with E-state index in [1.165, 1.54) is 12.8 Å². The predicted molar refractivity (Wildman–Crippen MR) is 86.8 cm³/mol. The first-order chi connectivity index (χ1) is 9.97. The van der Waals surface area contributed by atoms with Crippen LogP contribution in [0.25, 0.3) is 0 Å². The van der Waals surface area contributed by atoms with Crippen LogP contribution in [0.15, 0.2) is 12.1 Å². The molecule has 1 fully saturated rings. The summed E-state index contributed by atoms with van der Waals surface area (Å²) in [6, 6.07) is 3.21. The first-order valence-electron chi connectivity index (χ1n) is 7.62. The molecule has 3 N–H and O–H groups in total. The number of nitrogens with two attached hydrogens (primary N) is 1. The minimum atomic E-state index is -0.599. The molecule has 21 heavy (non-hydrogen) atoms. The minimum absolute atomic E-state index is 0.156. The Labute approximate surface area is 130 Å². The number of benzene rings is 1. The van der Waals surface area contributed by atoms with Crippen LogP contribution in [-0.2, 0) is 4.79 Å². The maximum absolute atomic E-state index is 11.7. The second kappa shape index (κ2) is 5.50. The highest BCUT2D eigenvalue weighted by Crippen LogP contribution is 2.39. The van der Waals surface area contributed by atoms with Crippen molar-refractivity contribution in [3.63, 3.8) is 0 Å². The number of nitrogens with zero attached hydrogens (tertiary/aromatic N) is 1. The molecule has 1 saturated heterocycles. The zero-order valence-electron chi connectivity index (χ0n) is 12.5. The summed E-state index contributed by atoms with van der Waals surface area (Å²) in [4.78, 5) is 14.0. The Balaban J connectivity index is 1.82. The number of rotatable bonds is 2. The Morgan fingerprint density at radius 1 is 1.33 bits per heavy atom. The Morgan fingerprint density at radius 3 is 2.62 bits per heavy atom. The van der Waals surface area contributed by atoms with Gasteiger partial charge in [-0.15, -0.1) is 0 Å². The normalized spacial score (nSPS) is 22.6. The second-order valence-electron chi connectivity index (χ2n) is 6.43. The molecule has 1 aromatic carbocycles. The Morgan fingerprint density at radius 2 is 2.00 bits per heavy atom. The topological polar surface area (TPSA) is 58.4 Å². The Kier molecular flexibility index (Phi) is 3.84. The number of amides is 1. The van der Waals surface area contributed by atoms with E-state index in [0.29, 0.717) is 5.02 Å². The van der Waals surface area contributed by atoms with Gasteiger partial charge in [-0.05, 0) is 36.8 Å². The largest absolute Gasteiger partial charge is 0.370 e. The number of fused-ring (bicyclic) bond motifs is 1. The van der Waals surface area contributed by atoms with Gasteiger partial charge in [-0.1, -0.05) is 25.4 Å². The number of carbonyl (C=O) groups is 1. The lowest BCUT2D eigenvalue weighted by atomic mass is 9.86. The highest BCUT2D eigenvalue weighted by Gasteiger charge is 2.30. The number of carbonyl (C=O) groups excluding carboxylic acids is 1. The van der Waals surface area contributed by atoms with E-state index in [2.05, 4.69) is 24.1 Å². The smallest absolute Gasteiger partial charge is 0.245 e. The molecule has 1 amide bonds. The second-order valence-corrected chi connectivity index (χ2v) is 6.83. The van der Waals surface area contributed by atoms with Crippen LogP contribution in [0.4, 0.5) is 11.4 Å². The van der Waals surface area contributed by atoms with Crippen LogP contribution in [0, 0.1) is 11.8 Å². The quantitative estimate of drug-likeness (QED) is 0.882. The third kappa shape index (κ3) is 2.62. The van der Waals surface area contributed by atoms with Crippen LogP contribution < -0.4 is 16.0 Å². The first kappa shape index (κ1) is 14.7. The van der Waals surface area contributed by atoms with Crippen molar-refractivity contribution < 1.29 is 4.79 Å². The third-order valence-electron chi connectivity index (χ3n) is 4.82. The molecule has 3 rings (SSSR count). The number of hydrogen-bond acceptors (Lipinski definition) is 3. The molecule has 0 aromatic heterocycles. The van der Waals surface area contributed by atoms with Gasteiger partial charge in [0.2, 0.25) is 5.91 Å². The molecule has 0 bridgehead atoms. The Bertz CT molecular complexity index is 565. The van der Waals surface area contributed by atoms with Crippen molar-refractivity contribution in [2.45, 2.75) is 32.7 Å². The summed E-state index contributed by atoms with van der Waals surface area (Å²) in [6.45, 7) is 6.61. The van der Waals surface area contributed by atoms with E-state index in [4.69, 9.17) is 17.3 Å². The molecule has 2 aliphatic heterocycles. The average Bonchev–Trinajstić information content (AvgIpc) is 2.73. The van der Waals surface area contributed by atoms with Crippen molar-refractivity contribution in [3.8, 4) is 0 Å². The van der Waals surface area contributed by atoms with Crippen molar-refractivity contribution in [3.05, 3.63) is 22.7 Å². The summed E-state index contributed by atoms with van der Waals surface area (Å²) in [6.07, 6.45) is 2.38. The molecule has 0 spiro atoms. The molecule has 0 radical (unpaired) electrons. The zero-order valence-corrected chi connectivity index (χ0v) is 13.3. The van der Waals surface area contributed by atoms with Gasteiger partial charge < -0.3 is 16.0 Å². The van der Waals surface area contributed by atoms with Gasteiger partial charge in [-0.25, -0.2) is 0 Å². The standard InChI is InChI=1S/C16H22ClN3O/c1-9(2)10-3-5-20(6-4-10)14-8-13-11(7-12(14)17)15(18)16(21)19-13/h7-10,15H,3-6,18H2,1-2H3,(H,19,21). The first-order valence-corrected chi connectivity index (χ1v) is 8.00. The van der Waals surface area contributed by atoms with E-state index in [9.17, 15) is 4.79 Å². The number of nitrogens with one attached hydrogen (secondary N) is 1. The van der Waals surface area contributed by atoms with E-state index in [0.717, 1.165) is 41.9 Å². The maximum Gasteiger partial charge on any atom is 0.245 e. The molecular weight excluding hydrogens is 286 g/mol. The van der Waals surface area contributed by atoms with Gasteiger partial charge in [0.15, 0.2) is 0 Å². The molecule has 4 nitrogen and oxygen atoms in total. The van der Waals surface area contributed by atoms with E-state index in [1.807, 2.05) is 12.1 Å². The minimum Gasteiger partial charge on any atom is -0.370 e. The summed E-state index contributed by atoms with van der Waals surface area (Å²) in [5, 5.41) is 3.52. The van der Waals surface area contributed by atoms with Crippen molar-refractivity contribution in [1.29, 1.82) is 0 Å². The lowest BCUT2D eigenvalue weighted by Gasteiger charge is -2.36. The van der Waals surface area contributed by atoms with Crippen molar-refractivity contribution >= 4 is 28.9 Å². The zero-order chi connectivity index (χ0) is 15.1. The maximum atomic E-state index is 11.7. The predicted octanol–water partition coefficient (Wildman–Crippen LogP) is 3.16. The summed E-state index contributed by atoms with van der Waals surface area (Å²) in [5.74, 6) is 1.37. The number of halogens is 1. The van der Waals surface area contributed by atoms with Crippen LogP contribution in [-0.4, -0.2) is 19.0 Å². The molecule has 0 aliphatic carbocycles. The number of anilines is 2. The highest BCUT2D eigenvalue weighted by molar-refractivity contribution is 6.33. The van der Waals surface area contributed by atoms with E-state index in [1.54, 1.807) is 0 Å². The summed E-state index contributed by atoms with van der Waals surface area (Å²) in [7, 11) is 0. The fourth-order valence-corrected chi connectivity index (χ4v) is 3.64. The fraction of sp³-hybridized carbons (Fsp3) is 0.562. The molecule has 2 heterocycles. The molecule has 1 aromatic rings. The monoisotopic (exact) mass is 307 g/mol. The fourth-order valence-electron chi connectivity index (χ4n) is 3.34. The third-order valence-corrected chi connectivity index (χ3v) is 5.12. The van der Waals surface area contributed by atoms with Gasteiger partial charge >= 0.3 is 0 Å². The van der Waals surface area contributed by atoms with Crippen molar-refractivity contribution in [2.75, 3.05) is 23.3 Å². The molecule has 0 saturated carbocycles. The van der Waals surface area contributed by atoms with Crippen LogP contribution >= 0.6 is 11.6 Å². The van der Waals surface area contributed by atoms with Crippen LogP contribution in [0.5, 0.6) is 0 Å². The van der Waals surface area contributed by atoms with Crippen LogP contribution in [0.3, 0.4) is 0 Å².